The SMILES string of the molecule is CC(c1nnnn1C1CC1)N1CCC(n2ncc3ccccc32)C1. The molecular formula is C17H21N7. The second-order valence-corrected chi connectivity index (χ2v) is 6.97. The van der Waals surface area contributed by atoms with Gasteiger partial charge in [0.15, 0.2) is 5.82 Å². The van der Waals surface area contributed by atoms with Crippen molar-refractivity contribution in [2.24, 2.45) is 0 Å². The van der Waals surface area contributed by atoms with Crippen LogP contribution in [-0.4, -0.2) is 48.0 Å². The number of hydrogen-bond donors (Lipinski definition) is 0. The van der Waals surface area contributed by atoms with E-state index in [4.69, 9.17) is 0 Å². The van der Waals surface area contributed by atoms with Crippen LogP contribution in [0.25, 0.3) is 10.9 Å². The molecule has 2 aromatic heterocycles. The third-order valence-electron chi connectivity index (χ3n) is 5.38. The van der Waals surface area contributed by atoms with Crippen molar-refractivity contribution in [3.05, 3.63) is 36.3 Å². The van der Waals surface area contributed by atoms with Crippen LogP contribution in [-0.2, 0) is 0 Å². The van der Waals surface area contributed by atoms with Gasteiger partial charge >= 0.3 is 0 Å². The average Bonchev–Trinajstić information content (AvgIpc) is 3.06. The van der Waals surface area contributed by atoms with E-state index in [1.165, 1.54) is 23.7 Å². The lowest BCUT2D eigenvalue weighted by molar-refractivity contribution is 0.235. The summed E-state index contributed by atoms with van der Waals surface area (Å²) in [6.07, 6.45) is 5.48. The number of hydrogen-bond acceptors (Lipinski definition) is 5. The van der Waals surface area contributed by atoms with E-state index >= 15 is 0 Å². The monoisotopic (exact) mass is 323 g/mol. The first-order chi connectivity index (χ1) is 11.8. The maximum absolute atomic E-state index is 4.63. The molecule has 24 heavy (non-hydrogen) atoms. The summed E-state index contributed by atoms with van der Waals surface area (Å²) < 4.78 is 4.22. The first-order valence-corrected chi connectivity index (χ1v) is 8.75. The van der Waals surface area contributed by atoms with Crippen molar-refractivity contribution in [3.8, 4) is 0 Å². The van der Waals surface area contributed by atoms with Crippen LogP contribution in [0.1, 0.15) is 50.1 Å². The fourth-order valence-corrected chi connectivity index (χ4v) is 3.82. The molecule has 2 fully saturated rings. The van der Waals surface area contributed by atoms with E-state index in [1.54, 1.807) is 0 Å². The Morgan fingerprint density at radius 1 is 1.08 bits per heavy atom. The fourth-order valence-electron chi connectivity index (χ4n) is 3.82. The quantitative estimate of drug-likeness (QED) is 0.737. The van der Waals surface area contributed by atoms with E-state index in [9.17, 15) is 0 Å². The fraction of sp³-hybridized carbons (Fsp3) is 0.529. The number of tetrazole rings is 1. The molecule has 5 rings (SSSR count). The maximum Gasteiger partial charge on any atom is 0.168 e. The van der Waals surface area contributed by atoms with Crippen LogP contribution in [0.2, 0.25) is 0 Å². The minimum absolute atomic E-state index is 0.243. The van der Waals surface area contributed by atoms with E-state index < -0.39 is 0 Å². The molecule has 1 aliphatic carbocycles. The van der Waals surface area contributed by atoms with Gasteiger partial charge in [-0.3, -0.25) is 9.58 Å². The van der Waals surface area contributed by atoms with Crippen LogP contribution in [0, 0.1) is 0 Å². The van der Waals surface area contributed by atoms with Gasteiger partial charge in [-0.2, -0.15) is 5.10 Å². The molecule has 1 saturated carbocycles. The topological polar surface area (TPSA) is 64.7 Å². The van der Waals surface area contributed by atoms with E-state index in [0.29, 0.717) is 12.1 Å². The highest BCUT2D eigenvalue weighted by molar-refractivity contribution is 5.78. The largest absolute Gasteiger partial charge is 0.291 e. The number of nitrogens with zero attached hydrogens (tertiary/aromatic N) is 7. The zero-order chi connectivity index (χ0) is 16.1. The van der Waals surface area contributed by atoms with Crippen LogP contribution < -0.4 is 0 Å². The van der Waals surface area contributed by atoms with Crippen molar-refractivity contribution >= 4 is 10.9 Å². The maximum atomic E-state index is 4.63. The highest BCUT2D eigenvalue weighted by Gasteiger charge is 2.34. The molecular weight excluding hydrogens is 302 g/mol. The third kappa shape index (κ3) is 2.23. The molecule has 2 atom stereocenters. The Morgan fingerprint density at radius 3 is 2.83 bits per heavy atom. The number of rotatable bonds is 4. The molecule has 0 amide bonds. The molecule has 1 aromatic carbocycles. The predicted molar refractivity (Wildman–Crippen MR) is 89.5 cm³/mol. The second kappa shape index (κ2) is 5.37. The molecule has 1 saturated heterocycles. The van der Waals surface area contributed by atoms with E-state index in [-0.39, 0.29) is 6.04 Å². The summed E-state index contributed by atoms with van der Waals surface area (Å²) in [5, 5.41) is 18.2. The van der Waals surface area contributed by atoms with Gasteiger partial charge in [0.1, 0.15) is 0 Å². The first kappa shape index (κ1) is 14.1. The van der Waals surface area contributed by atoms with Gasteiger partial charge in [-0.15, -0.1) is 5.10 Å². The number of fused-ring (bicyclic) bond motifs is 1. The van der Waals surface area contributed by atoms with Crippen LogP contribution in [0.4, 0.5) is 0 Å². The molecule has 7 heteroatoms. The molecule has 7 nitrogen and oxygen atoms in total. The van der Waals surface area contributed by atoms with Crippen LogP contribution in [0.3, 0.4) is 0 Å². The Morgan fingerprint density at radius 2 is 1.96 bits per heavy atom. The highest BCUT2D eigenvalue weighted by Crippen LogP contribution is 2.37. The van der Waals surface area contributed by atoms with Crippen molar-refractivity contribution in [1.29, 1.82) is 0 Å². The Balaban J connectivity index is 1.37. The summed E-state index contributed by atoms with van der Waals surface area (Å²) in [6.45, 7) is 4.26. The summed E-state index contributed by atoms with van der Waals surface area (Å²) in [4.78, 5) is 2.48. The summed E-state index contributed by atoms with van der Waals surface area (Å²) in [7, 11) is 0. The minimum Gasteiger partial charge on any atom is -0.291 e. The van der Waals surface area contributed by atoms with Crippen LogP contribution in [0.15, 0.2) is 30.5 Å². The van der Waals surface area contributed by atoms with Gasteiger partial charge in [-0.1, -0.05) is 18.2 Å². The second-order valence-electron chi connectivity index (χ2n) is 6.97. The van der Waals surface area contributed by atoms with Gasteiger partial charge in [0.25, 0.3) is 0 Å². The molecule has 1 aliphatic heterocycles. The van der Waals surface area contributed by atoms with Gasteiger partial charge < -0.3 is 0 Å². The van der Waals surface area contributed by atoms with E-state index in [1.807, 2.05) is 10.9 Å². The lowest BCUT2D eigenvalue weighted by Crippen LogP contribution is -2.27. The molecule has 3 aromatic rings. The number of aromatic nitrogens is 6. The normalized spacial score (nSPS) is 23.1. The molecule has 3 heterocycles. The number of para-hydroxylation sites is 1. The summed E-state index contributed by atoms with van der Waals surface area (Å²) >= 11 is 0. The standard InChI is InChI=1S/C17H21N7/c1-12(17-19-20-21-24(17)14-6-7-14)22-9-8-15(11-22)23-16-5-3-2-4-13(16)10-18-23/h2-5,10,12,14-15H,6-9,11H2,1H3. The number of likely N-dealkylation sites (tertiary alicyclic amines) is 1. The van der Waals surface area contributed by atoms with Gasteiger partial charge in [-0.25, -0.2) is 4.68 Å². The minimum atomic E-state index is 0.243. The van der Waals surface area contributed by atoms with Crippen molar-refractivity contribution in [3.63, 3.8) is 0 Å². The van der Waals surface area contributed by atoms with Crippen molar-refractivity contribution < 1.29 is 0 Å². The first-order valence-electron chi connectivity index (χ1n) is 8.75. The van der Waals surface area contributed by atoms with Crippen molar-refractivity contribution in [1.82, 2.24) is 34.9 Å². The zero-order valence-corrected chi connectivity index (χ0v) is 13.8. The van der Waals surface area contributed by atoms with Gasteiger partial charge in [0.2, 0.25) is 0 Å². The molecule has 124 valence electrons. The third-order valence-corrected chi connectivity index (χ3v) is 5.38. The van der Waals surface area contributed by atoms with Gasteiger partial charge in [0.05, 0.1) is 29.8 Å². The molecule has 0 N–H and O–H groups in total. The number of benzene rings is 1. The Hall–Kier alpha value is -2.28. The average molecular weight is 323 g/mol. The summed E-state index contributed by atoms with van der Waals surface area (Å²) in [5.74, 6) is 1.00. The Kier molecular flexibility index (Phi) is 3.16. The summed E-state index contributed by atoms with van der Waals surface area (Å²) in [6, 6.07) is 9.60. The Labute approximate surface area is 140 Å². The smallest absolute Gasteiger partial charge is 0.168 e. The van der Waals surface area contributed by atoms with Crippen molar-refractivity contribution in [2.75, 3.05) is 13.1 Å². The molecule has 2 unspecified atom stereocenters. The predicted octanol–water partition coefficient (Wildman–Crippen LogP) is 2.37. The van der Waals surface area contributed by atoms with Gasteiger partial charge in [0, 0.05) is 18.5 Å². The molecule has 0 bridgehead atoms. The van der Waals surface area contributed by atoms with Gasteiger partial charge in [-0.05, 0) is 42.7 Å². The summed E-state index contributed by atoms with van der Waals surface area (Å²) in [5.41, 5.74) is 1.22. The van der Waals surface area contributed by atoms with E-state index in [2.05, 4.69) is 61.4 Å². The van der Waals surface area contributed by atoms with Crippen LogP contribution in [0.5, 0.6) is 0 Å². The lowest BCUT2D eigenvalue weighted by atomic mass is 10.2. The highest BCUT2D eigenvalue weighted by atomic mass is 15.6. The molecule has 2 aliphatic rings. The Bertz CT molecular complexity index is 863. The van der Waals surface area contributed by atoms with Crippen LogP contribution >= 0.6 is 0 Å². The lowest BCUT2D eigenvalue weighted by Gasteiger charge is -2.23. The molecule has 0 spiro atoms. The zero-order valence-electron chi connectivity index (χ0n) is 13.8. The van der Waals surface area contributed by atoms with E-state index in [0.717, 1.165) is 25.3 Å². The van der Waals surface area contributed by atoms with Crippen molar-refractivity contribution in [2.45, 2.75) is 44.3 Å². The molecule has 0 radical (unpaired) electrons.